The first-order valence-corrected chi connectivity index (χ1v) is 11.9. The van der Waals surface area contributed by atoms with Crippen LogP contribution in [0.15, 0.2) is 83.7 Å². The van der Waals surface area contributed by atoms with E-state index < -0.39 is 16.4 Å². The minimum absolute atomic E-state index is 0.0724. The second-order valence-corrected chi connectivity index (χ2v) is 8.67. The Bertz CT molecular complexity index is 1670. The van der Waals surface area contributed by atoms with Gasteiger partial charge >= 0.3 is 0 Å². The molecule has 0 unspecified atom stereocenters. The van der Waals surface area contributed by atoms with E-state index >= 15 is 0 Å². The standard InChI is InChI=1S/C27H20N4O5S/c1-2-36-22-14-10-19(11-15-22)29-25(32)23(17-28)27-30(20-6-4-3-5-7-20)26(33)24(37-27)16-18-8-12-21(13-9-18)31(34)35/h3-16H,2H2,1H3,(H,29,32). The van der Waals surface area contributed by atoms with E-state index in [0.717, 1.165) is 11.3 Å². The molecule has 37 heavy (non-hydrogen) atoms. The van der Waals surface area contributed by atoms with Crippen LogP contribution in [-0.4, -0.2) is 22.0 Å². The van der Waals surface area contributed by atoms with Gasteiger partial charge in [-0.25, -0.2) is 0 Å². The van der Waals surface area contributed by atoms with Crippen LogP contribution in [0.3, 0.4) is 0 Å². The second kappa shape index (κ2) is 11.2. The van der Waals surface area contributed by atoms with E-state index in [4.69, 9.17) is 4.74 Å². The number of aromatic nitrogens is 1. The lowest BCUT2D eigenvalue weighted by Crippen LogP contribution is -2.32. The van der Waals surface area contributed by atoms with Crippen LogP contribution in [0.2, 0.25) is 0 Å². The van der Waals surface area contributed by atoms with Gasteiger partial charge in [-0.05, 0) is 67.1 Å². The third-order valence-electron chi connectivity index (χ3n) is 5.22. The second-order valence-electron chi connectivity index (χ2n) is 7.64. The zero-order valence-corrected chi connectivity index (χ0v) is 20.4. The smallest absolute Gasteiger partial charge is 0.273 e. The van der Waals surface area contributed by atoms with E-state index in [-0.39, 0.29) is 20.5 Å². The van der Waals surface area contributed by atoms with E-state index in [9.17, 15) is 25.0 Å². The summed E-state index contributed by atoms with van der Waals surface area (Å²) in [6.45, 7) is 2.37. The zero-order valence-electron chi connectivity index (χ0n) is 19.6. The third-order valence-corrected chi connectivity index (χ3v) is 6.31. The van der Waals surface area contributed by atoms with Crippen molar-refractivity contribution >= 4 is 40.3 Å². The van der Waals surface area contributed by atoms with Gasteiger partial charge in [-0.15, -0.1) is 11.3 Å². The lowest BCUT2D eigenvalue weighted by Gasteiger charge is -2.07. The van der Waals surface area contributed by atoms with Gasteiger partial charge in [0.2, 0.25) is 0 Å². The van der Waals surface area contributed by atoms with Crippen molar-refractivity contribution in [3.8, 4) is 17.5 Å². The number of hydrogen-bond acceptors (Lipinski definition) is 7. The van der Waals surface area contributed by atoms with Crippen LogP contribution in [0.5, 0.6) is 5.75 Å². The van der Waals surface area contributed by atoms with Crippen molar-refractivity contribution < 1.29 is 14.5 Å². The average Bonchev–Trinajstić information content (AvgIpc) is 3.21. The normalized spacial score (nSPS) is 11.9. The summed E-state index contributed by atoms with van der Waals surface area (Å²) in [4.78, 5) is 37.0. The number of nitrogens with zero attached hydrogens (tertiary/aromatic N) is 3. The van der Waals surface area contributed by atoms with Crippen LogP contribution in [0.4, 0.5) is 11.4 Å². The molecule has 4 rings (SSSR count). The number of nitro groups is 1. The van der Waals surface area contributed by atoms with Gasteiger partial charge in [0.1, 0.15) is 16.5 Å². The highest BCUT2D eigenvalue weighted by molar-refractivity contribution is 7.07. The Kier molecular flexibility index (Phi) is 7.56. The maximum absolute atomic E-state index is 13.4. The molecular weight excluding hydrogens is 492 g/mol. The first-order chi connectivity index (χ1) is 17.9. The molecule has 0 saturated heterocycles. The summed E-state index contributed by atoms with van der Waals surface area (Å²) in [5.74, 6) is -0.0212. The molecule has 0 aliphatic heterocycles. The molecule has 1 amide bonds. The molecular formula is C27H20N4O5S. The minimum Gasteiger partial charge on any atom is -0.494 e. The maximum atomic E-state index is 13.4. The zero-order chi connectivity index (χ0) is 26.4. The Hall–Kier alpha value is -5.01. The molecule has 0 fully saturated rings. The summed E-state index contributed by atoms with van der Waals surface area (Å²) in [7, 11) is 0. The fourth-order valence-corrected chi connectivity index (χ4v) is 4.60. The van der Waals surface area contributed by atoms with Crippen molar-refractivity contribution in [2.24, 2.45) is 0 Å². The molecule has 0 radical (unpaired) electrons. The average molecular weight is 513 g/mol. The number of nitrogens with one attached hydrogen (secondary N) is 1. The molecule has 0 atom stereocenters. The third kappa shape index (κ3) is 5.63. The number of amides is 1. The fourth-order valence-electron chi connectivity index (χ4n) is 3.50. The molecule has 10 heteroatoms. The quantitative estimate of drug-likeness (QED) is 0.299. The Labute approximate surface area is 215 Å². The number of carbonyl (C=O) groups is 1. The van der Waals surface area contributed by atoms with Crippen LogP contribution in [0.25, 0.3) is 17.3 Å². The van der Waals surface area contributed by atoms with Crippen LogP contribution in [0.1, 0.15) is 12.5 Å². The van der Waals surface area contributed by atoms with Gasteiger partial charge in [0.15, 0.2) is 5.57 Å². The van der Waals surface area contributed by atoms with E-state index in [1.165, 1.54) is 28.8 Å². The van der Waals surface area contributed by atoms with Gasteiger partial charge in [-0.2, -0.15) is 5.26 Å². The molecule has 9 nitrogen and oxygen atoms in total. The molecule has 184 valence electrons. The highest BCUT2D eigenvalue weighted by atomic mass is 32.1. The van der Waals surface area contributed by atoms with E-state index in [2.05, 4.69) is 5.32 Å². The molecule has 1 aromatic heterocycles. The van der Waals surface area contributed by atoms with Crippen LogP contribution in [0, 0.1) is 21.4 Å². The number of carbonyl (C=O) groups excluding carboxylic acids is 1. The monoisotopic (exact) mass is 512 g/mol. The molecule has 0 aliphatic rings. The van der Waals surface area contributed by atoms with Crippen molar-refractivity contribution in [3.63, 3.8) is 0 Å². The summed E-state index contributed by atoms with van der Waals surface area (Å²) in [5, 5.41) is 23.6. The van der Waals surface area contributed by atoms with Crippen molar-refractivity contribution in [1.29, 1.82) is 5.26 Å². The van der Waals surface area contributed by atoms with Gasteiger partial charge in [-0.1, -0.05) is 18.2 Å². The summed E-state index contributed by atoms with van der Waals surface area (Å²) >= 11 is 0.988. The number of ether oxygens (including phenoxy) is 1. The molecule has 0 saturated carbocycles. The van der Waals surface area contributed by atoms with Crippen molar-refractivity contribution in [2.45, 2.75) is 6.92 Å². The highest BCUT2D eigenvalue weighted by Gasteiger charge is 2.17. The summed E-state index contributed by atoms with van der Waals surface area (Å²) in [6.07, 6.45) is 1.57. The van der Waals surface area contributed by atoms with E-state index in [1.807, 2.05) is 13.0 Å². The van der Waals surface area contributed by atoms with Gasteiger partial charge < -0.3 is 10.1 Å². The number of nitro benzene ring substituents is 1. The highest BCUT2D eigenvalue weighted by Crippen LogP contribution is 2.16. The SMILES string of the molecule is CCOc1ccc(NC(=O)C(C#N)=c2sc(=Cc3ccc([N+](=O)[O-])cc3)c(=O)n2-c2ccccc2)cc1. The topological polar surface area (TPSA) is 127 Å². The predicted octanol–water partition coefficient (Wildman–Crippen LogP) is 3.35. The first-order valence-electron chi connectivity index (χ1n) is 11.1. The number of thiazole rings is 1. The van der Waals surface area contributed by atoms with Gasteiger partial charge in [-0.3, -0.25) is 24.3 Å². The first kappa shape index (κ1) is 25.1. The summed E-state index contributed by atoms with van der Waals surface area (Å²) in [6, 6.07) is 23.1. The molecule has 4 aromatic rings. The van der Waals surface area contributed by atoms with Crippen molar-refractivity contribution in [2.75, 3.05) is 11.9 Å². The van der Waals surface area contributed by atoms with Gasteiger partial charge in [0, 0.05) is 17.8 Å². The lowest BCUT2D eigenvalue weighted by molar-refractivity contribution is -0.384. The van der Waals surface area contributed by atoms with Gasteiger partial charge in [0.05, 0.1) is 21.7 Å². The minimum atomic E-state index is -0.667. The number of nitriles is 1. The molecule has 3 aromatic carbocycles. The largest absolute Gasteiger partial charge is 0.494 e. The number of para-hydroxylation sites is 1. The number of hydrogen-bond donors (Lipinski definition) is 1. The predicted molar refractivity (Wildman–Crippen MR) is 141 cm³/mol. The van der Waals surface area contributed by atoms with Crippen molar-refractivity contribution in [1.82, 2.24) is 4.57 Å². The number of anilines is 1. The molecule has 0 aliphatic carbocycles. The van der Waals surface area contributed by atoms with Crippen LogP contribution >= 0.6 is 11.3 Å². The lowest BCUT2D eigenvalue weighted by atomic mass is 10.2. The Morgan fingerprint density at radius 1 is 1.11 bits per heavy atom. The Morgan fingerprint density at radius 2 is 1.78 bits per heavy atom. The summed E-state index contributed by atoms with van der Waals surface area (Å²) in [5.41, 5.74) is 0.784. The maximum Gasteiger partial charge on any atom is 0.273 e. The number of rotatable bonds is 7. The van der Waals surface area contributed by atoms with E-state index in [0.29, 0.717) is 29.3 Å². The Balaban J connectivity index is 1.85. The molecule has 1 N–H and O–H groups in total. The Morgan fingerprint density at radius 3 is 2.38 bits per heavy atom. The molecule has 0 bridgehead atoms. The van der Waals surface area contributed by atoms with Crippen LogP contribution in [-0.2, 0) is 4.79 Å². The summed E-state index contributed by atoms with van der Waals surface area (Å²) < 4.78 is 7.15. The number of benzene rings is 3. The molecule has 0 spiro atoms. The van der Waals surface area contributed by atoms with Crippen LogP contribution < -0.4 is 24.8 Å². The number of non-ortho nitro benzene ring substituents is 1. The molecule has 1 heterocycles. The van der Waals surface area contributed by atoms with Crippen molar-refractivity contribution in [3.05, 3.63) is 114 Å². The van der Waals surface area contributed by atoms with Gasteiger partial charge in [0.25, 0.3) is 17.2 Å². The fraction of sp³-hybridized carbons (Fsp3) is 0.0741. The van der Waals surface area contributed by atoms with E-state index in [1.54, 1.807) is 60.7 Å².